The third-order valence-corrected chi connectivity index (χ3v) is 3.25. The van der Waals surface area contributed by atoms with Crippen molar-refractivity contribution in [3.05, 3.63) is 28.3 Å². The molecule has 2 aromatic heterocycles. The Kier molecular flexibility index (Phi) is 2.62. The molecular formula is C12H15N5O. The number of nitrogens with one attached hydrogen (secondary N) is 1. The number of H-pyrrole nitrogens is 1. The largest absolute Gasteiger partial charge is 0.369 e. The maximum Gasteiger partial charge on any atom is 0.280 e. The Morgan fingerprint density at radius 2 is 2.33 bits per heavy atom. The molecule has 0 bridgehead atoms. The number of nitrogens with two attached hydrogens (primary N) is 1. The quantitative estimate of drug-likeness (QED) is 0.778. The molecule has 0 aliphatic heterocycles. The molecule has 0 unspecified atom stereocenters. The first kappa shape index (κ1) is 11.0. The Labute approximate surface area is 104 Å². The van der Waals surface area contributed by atoms with Crippen LogP contribution in [0.2, 0.25) is 0 Å². The van der Waals surface area contributed by atoms with E-state index in [4.69, 9.17) is 5.73 Å². The first-order valence-corrected chi connectivity index (χ1v) is 6.12. The monoisotopic (exact) mass is 245 g/mol. The van der Waals surface area contributed by atoms with Crippen LogP contribution in [-0.2, 0) is 6.54 Å². The third-order valence-electron chi connectivity index (χ3n) is 3.25. The molecule has 0 saturated carbocycles. The van der Waals surface area contributed by atoms with Crippen molar-refractivity contribution in [2.24, 2.45) is 0 Å². The summed E-state index contributed by atoms with van der Waals surface area (Å²) in [6.07, 6.45) is 8.66. The van der Waals surface area contributed by atoms with Gasteiger partial charge in [-0.2, -0.15) is 4.98 Å². The van der Waals surface area contributed by atoms with Crippen LogP contribution in [0.4, 0.5) is 5.95 Å². The molecule has 6 nitrogen and oxygen atoms in total. The zero-order valence-corrected chi connectivity index (χ0v) is 10.0. The number of nitrogens with zero attached hydrogens (tertiary/aromatic N) is 3. The van der Waals surface area contributed by atoms with E-state index in [1.54, 1.807) is 6.33 Å². The molecule has 6 heteroatoms. The summed E-state index contributed by atoms with van der Waals surface area (Å²) in [6.45, 7) is 0.742. The van der Waals surface area contributed by atoms with Gasteiger partial charge in [-0.1, -0.05) is 11.6 Å². The van der Waals surface area contributed by atoms with E-state index >= 15 is 0 Å². The summed E-state index contributed by atoms with van der Waals surface area (Å²) in [5.41, 5.74) is 7.56. The van der Waals surface area contributed by atoms with Gasteiger partial charge in [-0.15, -0.1) is 0 Å². The highest BCUT2D eigenvalue weighted by molar-refractivity contribution is 5.70. The highest BCUT2D eigenvalue weighted by Crippen LogP contribution is 2.20. The maximum absolute atomic E-state index is 11.6. The fourth-order valence-electron chi connectivity index (χ4n) is 2.35. The Balaban J connectivity index is 2.02. The SMILES string of the molecule is Nc1nc2c(ncn2CC2=CCCCC2)c(=O)[nH]1. The van der Waals surface area contributed by atoms with Crippen LogP contribution in [-0.4, -0.2) is 19.5 Å². The summed E-state index contributed by atoms with van der Waals surface area (Å²) in [4.78, 5) is 22.3. The second-order valence-electron chi connectivity index (χ2n) is 4.60. The van der Waals surface area contributed by atoms with Crippen LogP contribution in [0, 0.1) is 0 Å². The Bertz CT molecular complexity index is 667. The van der Waals surface area contributed by atoms with Crippen LogP contribution in [0.5, 0.6) is 0 Å². The number of nitrogen functional groups attached to an aromatic ring is 1. The zero-order chi connectivity index (χ0) is 12.5. The highest BCUT2D eigenvalue weighted by Gasteiger charge is 2.11. The topological polar surface area (TPSA) is 89.6 Å². The predicted octanol–water partition coefficient (Wildman–Crippen LogP) is 1.20. The standard InChI is InChI=1S/C12H15N5O/c13-12-15-10-9(11(18)16-12)14-7-17(10)6-8-4-2-1-3-5-8/h4,7H,1-3,5-6H2,(H3,13,15,16,18). The van der Waals surface area contributed by atoms with Crippen LogP contribution in [0.15, 0.2) is 22.8 Å². The molecule has 2 heterocycles. The summed E-state index contributed by atoms with van der Waals surface area (Å²) in [6, 6.07) is 0. The molecule has 3 N–H and O–H groups in total. The smallest absolute Gasteiger partial charge is 0.280 e. The van der Waals surface area contributed by atoms with Crippen molar-refractivity contribution in [2.75, 3.05) is 5.73 Å². The molecule has 94 valence electrons. The number of rotatable bonds is 2. The number of hydrogen-bond acceptors (Lipinski definition) is 4. The van der Waals surface area contributed by atoms with Gasteiger partial charge < -0.3 is 10.3 Å². The summed E-state index contributed by atoms with van der Waals surface area (Å²) in [7, 11) is 0. The highest BCUT2D eigenvalue weighted by atomic mass is 16.1. The minimum absolute atomic E-state index is 0.131. The van der Waals surface area contributed by atoms with E-state index in [1.807, 2.05) is 4.57 Å². The summed E-state index contributed by atoms with van der Waals surface area (Å²) in [5.74, 6) is 0.131. The van der Waals surface area contributed by atoms with Crippen LogP contribution >= 0.6 is 0 Å². The molecule has 0 spiro atoms. The van der Waals surface area contributed by atoms with E-state index in [-0.39, 0.29) is 11.5 Å². The van der Waals surface area contributed by atoms with Crippen molar-refractivity contribution in [3.8, 4) is 0 Å². The average molecular weight is 245 g/mol. The van der Waals surface area contributed by atoms with Gasteiger partial charge in [0, 0.05) is 6.54 Å². The number of hydrogen-bond donors (Lipinski definition) is 2. The summed E-state index contributed by atoms with van der Waals surface area (Å²) >= 11 is 0. The molecule has 0 radical (unpaired) electrons. The van der Waals surface area contributed by atoms with E-state index in [9.17, 15) is 4.79 Å². The van der Waals surface area contributed by atoms with Gasteiger partial charge in [0.25, 0.3) is 5.56 Å². The second-order valence-corrected chi connectivity index (χ2v) is 4.60. The van der Waals surface area contributed by atoms with Gasteiger partial charge >= 0.3 is 0 Å². The molecule has 0 aromatic carbocycles. The minimum atomic E-state index is -0.283. The van der Waals surface area contributed by atoms with Gasteiger partial charge in [0.15, 0.2) is 11.2 Å². The van der Waals surface area contributed by atoms with Crippen molar-refractivity contribution in [2.45, 2.75) is 32.2 Å². The summed E-state index contributed by atoms with van der Waals surface area (Å²) in [5, 5.41) is 0. The lowest BCUT2D eigenvalue weighted by molar-refractivity contribution is 0.649. The van der Waals surface area contributed by atoms with Crippen molar-refractivity contribution >= 4 is 17.1 Å². The van der Waals surface area contributed by atoms with E-state index in [0.29, 0.717) is 11.2 Å². The predicted molar refractivity (Wildman–Crippen MR) is 69.1 cm³/mol. The van der Waals surface area contributed by atoms with E-state index in [1.165, 1.54) is 18.4 Å². The van der Waals surface area contributed by atoms with Gasteiger partial charge in [0.2, 0.25) is 5.95 Å². The molecule has 0 amide bonds. The van der Waals surface area contributed by atoms with E-state index in [2.05, 4.69) is 21.0 Å². The lowest BCUT2D eigenvalue weighted by Gasteiger charge is -2.13. The fourth-order valence-corrected chi connectivity index (χ4v) is 2.35. The molecule has 0 saturated heterocycles. The molecule has 18 heavy (non-hydrogen) atoms. The molecule has 0 fully saturated rings. The molecule has 2 aromatic rings. The molecule has 1 aliphatic rings. The lowest BCUT2D eigenvalue weighted by atomic mass is 10.00. The number of anilines is 1. The number of fused-ring (bicyclic) bond motifs is 1. The third kappa shape index (κ3) is 1.90. The maximum atomic E-state index is 11.6. The average Bonchev–Trinajstić information content (AvgIpc) is 2.74. The molecule has 3 rings (SSSR count). The molecular weight excluding hydrogens is 230 g/mol. The van der Waals surface area contributed by atoms with Gasteiger partial charge in [0.05, 0.1) is 6.33 Å². The minimum Gasteiger partial charge on any atom is -0.369 e. The zero-order valence-electron chi connectivity index (χ0n) is 10.0. The van der Waals surface area contributed by atoms with Gasteiger partial charge in [-0.25, -0.2) is 4.98 Å². The fraction of sp³-hybridized carbons (Fsp3) is 0.417. The van der Waals surface area contributed by atoms with E-state index < -0.39 is 0 Å². The number of imidazole rings is 1. The number of aromatic nitrogens is 4. The van der Waals surface area contributed by atoms with Crippen molar-refractivity contribution < 1.29 is 0 Å². The van der Waals surface area contributed by atoms with Crippen LogP contribution in [0.25, 0.3) is 11.2 Å². The molecule has 1 aliphatic carbocycles. The molecule has 0 atom stereocenters. The Morgan fingerprint density at radius 3 is 3.11 bits per heavy atom. The van der Waals surface area contributed by atoms with Crippen LogP contribution in [0.1, 0.15) is 25.7 Å². The van der Waals surface area contributed by atoms with E-state index in [0.717, 1.165) is 19.4 Å². The first-order valence-electron chi connectivity index (χ1n) is 6.12. The Morgan fingerprint density at radius 1 is 1.44 bits per heavy atom. The lowest BCUT2D eigenvalue weighted by Crippen LogP contribution is -2.12. The van der Waals surface area contributed by atoms with Crippen LogP contribution in [0.3, 0.4) is 0 Å². The Hall–Kier alpha value is -2.11. The van der Waals surface area contributed by atoms with Crippen molar-refractivity contribution in [1.82, 2.24) is 19.5 Å². The number of aromatic amines is 1. The normalized spacial score (nSPS) is 15.9. The van der Waals surface area contributed by atoms with Gasteiger partial charge in [-0.3, -0.25) is 9.78 Å². The van der Waals surface area contributed by atoms with Gasteiger partial charge in [0.1, 0.15) is 0 Å². The second kappa shape index (κ2) is 4.29. The van der Waals surface area contributed by atoms with Crippen molar-refractivity contribution in [1.29, 1.82) is 0 Å². The summed E-state index contributed by atoms with van der Waals surface area (Å²) < 4.78 is 1.89. The van der Waals surface area contributed by atoms with Crippen molar-refractivity contribution in [3.63, 3.8) is 0 Å². The number of allylic oxidation sites excluding steroid dienone is 2. The first-order chi connectivity index (χ1) is 8.74. The van der Waals surface area contributed by atoms with Crippen LogP contribution < -0.4 is 11.3 Å². The van der Waals surface area contributed by atoms with Gasteiger partial charge in [-0.05, 0) is 25.7 Å².